The van der Waals surface area contributed by atoms with E-state index in [9.17, 15) is 4.79 Å². The fraction of sp³-hybridized carbons (Fsp3) is 0.348. The third-order valence-electron chi connectivity index (χ3n) is 6.25. The second-order valence-electron chi connectivity index (χ2n) is 7.83. The van der Waals surface area contributed by atoms with Gasteiger partial charge in [-0.1, -0.05) is 30.3 Å². The molecule has 28 heavy (non-hydrogen) atoms. The average Bonchev–Trinajstić information content (AvgIpc) is 3.00. The number of piperidine rings is 1. The molecule has 1 N–H and O–H groups in total. The van der Waals surface area contributed by atoms with Gasteiger partial charge >= 0.3 is 0 Å². The van der Waals surface area contributed by atoms with Gasteiger partial charge in [-0.25, -0.2) is 0 Å². The van der Waals surface area contributed by atoms with Crippen LogP contribution in [0.3, 0.4) is 0 Å². The summed E-state index contributed by atoms with van der Waals surface area (Å²) < 4.78 is 11.4. The van der Waals surface area contributed by atoms with Crippen molar-refractivity contribution in [2.24, 2.45) is 0 Å². The number of nitrogens with zero attached hydrogens (tertiary/aromatic N) is 1. The lowest BCUT2D eigenvalue weighted by atomic mass is 9.73. The number of ether oxygens (including phenoxy) is 2. The van der Waals surface area contributed by atoms with Gasteiger partial charge in [0.05, 0.1) is 12.5 Å². The molecule has 144 valence electrons. The molecular formula is C23H24N2O3. The number of rotatable bonds is 3. The first-order chi connectivity index (χ1) is 13.7. The summed E-state index contributed by atoms with van der Waals surface area (Å²) >= 11 is 0. The topological polar surface area (TPSA) is 50.8 Å². The average molecular weight is 376 g/mol. The standard InChI is InChI=1S/C23H24N2O3/c1-27-20-8-4-5-17-13-16(15-28-21(17)20)14-25-11-9-23(10-12-25)18-6-2-3-7-19(18)24-22(23)26/h2-8,13H,9-12,14-15H2,1H3,(H,24,26). The fourth-order valence-electron chi connectivity index (χ4n) is 4.73. The molecule has 5 nitrogen and oxygen atoms in total. The number of hydrogen-bond donors (Lipinski definition) is 1. The number of benzene rings is 2. The number of carbonyl (C=O) groups is 1. The highest BCUT2D eigenvalue weighted by Crippen LogP contribution is 2.45. The Morgan fingerprint density at radius 3 is 2.79 bits per heavy atom. The lowest BCUT2D eigenvalue weighted by Crippen LogP contribution is -2.47. The summed E-state index contributed by atoms with van der Waals surface area (Å²) in [6.07, 6.45) is 3.92. The van der Waals surface area contributed by atoms with Crippen molar-refractivity contribution in [2.45, 2.75) is 18.3 Å². The SMILES string of the molecule is COc1cccc2c1OCC(CN1CCC3(CC1)C(=O)Nc1ccccc13)=C2. The number of fused-ring (bicyclic) bond motifs is 3. The van der Waals surface area contributed by atoms with Crippen LogP contribution in [0.4, 0.5) is 5.69 Å². The van der Waals surface area contributed by atoms with Crippen molar-refractivity contribution in [1.82, 2.24) is 4.90 Å². The monoisotopic (exact) mass is 376 g/mol. The molecule has 5 rings (SSSR count). The third-order valence-corrected chi connectivity index (χ3v) is 6.25. The molecule has 0 atom stereocenters. The van der Waals surface area contributed by atoms with Gasteiger partial charge in [-0.3, -0.25) is 9.69 Å². The summed E-state index contributed by atoms with van der Waals surface area (Å²) in [7, 11) is 1.67. The van der Waals surface area contributed by atoms with Crippen LogP contribution in [0.5, 0.6) is 11.5 Å². The summed E-state index contributed by atoms with van der Waals surface area (Å²) in [5.41, 5.74) is 4.12. The van der Waals surface area contributed by atoms with Crippen molar-refractivity contribution in [3.63, 3.8) is 0 Å². The molecular weight excluding hydrogens is 352 g/mol. The lowest BCUT2D eigenvalue weighted by molar-refractivity contribution is -0.122. The van der Waals surface area contributed by atoms with Gasteiger partial charge in [0.1, 0.15) is 6.61 Å². The molecule has 5 heteroatoms. The van der Waals surface area contributed by atoms with Crippen LogP contribution in [-0.2, 0) is 10.2 Å². The van der Waals surface area contributed by atoms with Crippen LogP contribution >= 0.6 is 0 Å². The maximum absolute atomic E-state index is 12.7. The summed E-state index contributed by atoms with van der Waals surface area (Å²) in [6.45, 7) is 3.27. The van der Waals surface area contributed by atoms with Crippen molar-refractivity contribution in [3.8, 4) is 11.5 Å². The zero-order valence-electron chi connectivity index (χ0n) is 16.0. The molecule has 3 heterocycles. The molecule has 1 spiro atoms. The number of hydrogen-bond acceptors (Lipinski definition) is 4. The van der Waals surface area contributed by atoms with Gasteiger partial charge in [0.25, 0.3) is 0 Å². The smallest absolute Gasteiger partial charge is 0.235 e. The minimum atomic E-state index is -0.357. The number of methoxy groups -OCH3 is 1. The molecule has 0 aliphatic carbocycles. The number of amides is 1. The van der Waals surface area contributed by atoms with E-state index in [0.717, 1.165) is 55.2 Å². The summed E-state index contributed by atoms with van der Waals surface area (Å²) in [5, 5.41) is 3.08. The number of para-hydroxylation sites is 2. The van der Waals surface area contributed by atoms with Crippen LogP contribution in [0.2, 0.25) is 0 Å². The van der Waals surface area contributed by atoms with Gasteiger partial charge in [-0.15, -0.1) is 0 Å². The van der Waals surface area contributed by atoms with Crippen LogP contribution in [0, 0.1) is 0 Å². The minimum absolute atomic E-state index is 0.162. The zero-order chi connectivity index (χ0) is 19.1. The Hall–Kier alpha value is -2.79. The van der Waals surface area contributed by atoms with Crippen molar-refractivity contribution in [2.75, 3.05) is 38.7 Å². The lowest BCUT2D eigenvalue weighted by Gasteiger charge is -2.38. The van der Waals surface area contributed by atoms with E-state index >= 15 is 0 Å². The zero-order valence-corrected chi connectivity index (χ0v) is 16.0. The number of likely N-dealkylation sites (tertiary alicyclic amines) is 1. The second-order valence-corrected chi connectivity index (χ2v) is 7.83. The summed E-state index contributed by atoms with van der Waals surface area (Å²) in [6, 6.07) is 14.1. The molecule has 0 bridgehead atoms. The molecule has 0 radical (unpaired) electrons. The Kier molecular flexibility index (Phi) is 4.13. The van der Waals surface area contributed by atoms with E-state index in [1.165, 1.54) is 11.1 Å². The first kappa shape index (κ1) is 17.3. The maximum Gasteiger partial charge on any atom is 0.235 e. The third kappa shape index (κ3) is 2.69. The highest BCUT2D eigenvalue weighted by molar-refractivity contribution is 6.06. The Labute approximate surface area is 164 Å². The number of carbonyl (C=O) groups excluding carboxylic acids is 1. The highest BCUT2D eigenvalue weighted by atomic mass is 16.5. The fourth-order valence-corrected chi connectivity index (χ4v) is 4.73. The highest BCUT2D eigenvalue weighted by Gasteiger charge is 2.48. The molecule has 1 fully saturated rings. The molecule has 3 aliphatic rings. The maximum atomic E-state index is 12.7. The van der Waals surface area contributed by atoms with Gasteiger partial charge < -0.3 is 14.8 Å². The molecule has 0 aromatic heterocycles. The van der Waals surface area contributed by atoms with E-state index in [4.69, 9.17) is 9.47 Å². The van der Waals surface area contributed by atoms with E-state index in [0.29, 0.717) is 6.61 Å². The van der Waals surface area contributed by atoms with Gasteiger partial charge in [0.2, 0.25) is 5.91 Å². The summed E-state index contributed by atoms with van der Waals surface area (Å²) in [5.74, 6) is 1.76. The molecule has 0 saturated carbocycles. The molecule has 0 unspecified atom stereocenters. The minimum Gasteiger partial charge on any atom is -0.493 e. The van der Waals surface area contributed by atoms with Gasteiger partial charge in [0.15, 0.2) is 11.5 Å². The Morgan fingerprint density at radius 1 is 1.14 bits per heavy atom. The summed E-state index contributed by atoms with van der Waals surface area (Å²) in [4.78, 5) is 15.2. The van der Waals surface area contributed by atoms with Crippen molar-refractivity contribution in [1.29, 1.82) is 0 Å². The number of nitrogens with one attached hydrogen (secondary N) is 1. The predicted molar refractivity (Wildman–Crippen MR) is 109 cm³/mol. The van der Waals surface area contributed by atoms with Crippen molar-refractivity contribution < 1.29 is 14.3 Å². The molecule has 2 aromatic rings. The Morgan fingerprint density at radius 2 is 1.96 bits per heavy atom. The second kappa shape index (κ2) is 6.67. The molecule has 2 aromatic carbocycles. The molecule has 1 amide bonds. The predicted octanol–water partition coefficient (Wildman–Crippen LogP) is 3.46. The van der Waals surface area contributed by atoms with Gasteiger partial charge in [-0.2, -0.15) is 0 Å². The Balaban J connectivity index is 1.30. The first-order valence-corrected chi connectivity index (χ1v) is 9.82. The van der Waals surface area contributed by atoms with Gasteiger partial charge in [-0.05, 0) is 55.3 Å². The van der Waals surface area contributed by atoms with E-state index in [-0.39, 0.29) is 11.3 Å². The molecule has 3 aliphatic heterocycles. The van der Waals surface area contributed by atoms with E-state index < -0.39 is 0 Å². The van der Waals surface area contributed by atoms with Crippen molar-refractivity contribution in [3.05, 3.63) is 59.2 Å². The number of anilines is 1. The van der Waals surface area contributed by atoms with Crippen LogP contribution < -0.4 is 14.8 Å². The van der Waals surface area contributed by atoms with Gasteiger partial charge in [0, 0.05) is 17.8 Å². The normalized spacial score (nSPS) is 20.0. The van der Waals surface area contributed by atoms with Crippen LogP contribution in [0.15, 0.2) is 48.0 Å². The Bertz CT molecular complexity index is 958. The van der Waals surface area contributed by atoms with Crippen molar-refractivity contribution >= 4 is 17.7 Å². The van der Waals surface area contributed by atoms with E-state index in [1.807, 2.05) is 30.3 Å². The van der Waals surface area contributed by atoms with Crippen LogP contribution in [0.1, 0.15) is 24.0 Å². The molecule has 1 saturated heterocycles. The largest absolute Gasteiger partial charge is 0.493 e. The quantitative estimate of drug-likeness (QED) is 0.891. The first-order valence-electron chi connectivity index (χ1n) is 9.82. The van der Waals surface area contributed by atoms with Crippen LogP contribution in [0.25, 0.3) is 6.08 Å². The van der Waals surface area contributed by atoms with E-state index in [1.54, 1.807) is 7.11 Å². The van der Waals surface area contributed by atoms with E-state index in [2.05, 4.69) is 28.4 Å². The van der Waals surface area contributed by atoms with Crippen LogP contribution in [-0.4, -0.2) is 44.2 Å².